The van der Waals surface area contributed by atoms with Crippen molar-refractivity contribution in [3.63, 3.8) is 0 Å². The maximum atomic E-state index is 13.4. The van der Waals surface area contributed by atoms with Crippen LogP contribution < -0.4 is 0 Å². The summed E-state index contributed by atoms with van der Waals surface area (Å²) in [7, 11) is -4.16. The van der Waals surface area contributed by atoms with E-state index in [1.165, 1.54) is 6.07 Å². The molecule has 0 aromatic heterocycles. The summed E-state index contributed by atoms with van der Waals surface area (Å²) in [5, 5.41) is 20.8. The van der Waals surface area contributed by atoms with E-state index in [1.807, 2.05) is 0 Å². The van der Waals surface area contributed by atoms with Crippen molar-refractivity contribution in [2.75, 3.05) is 0 Å². The number of aliphatic carboxylic acids is 1. The summed E-state index contributed by atoms with van der Waals surface area (Å²) in [6.07, 6.45) is 3.56. The Morgan fingerprint density at radius 1 is 1.23 bits per heavy atom. The summed E-state index contributed by atoms with van der Waals surface area (Å²) in [5.74, 6) is -1.14. The molecule has 1 heterocycles. The van der Waals surface area contributed by atoms with Gasteiger partial charge in [-0.15, -0.1) is 0 Å². The van der Waals surface area contributed by atoms with Gasteiger partial charge in [0.15, 0.2) is 0 Å². The van der Waals surface area contributed by atoms with Crippen LogP contribution in [0.3, 0.4) is 0 Å². The van der Waals surface area contributed by atoms with Crippen molar-refractivity contribution < 1.29 is 23.2 Å². The third-order valence-corrected chi connectivity index (χ3v) is 7.64. The van der Waals surface area contributed by atoms with Crippen molar-refractivity contribution in [1.82, 2.24) is 4.31 Å². The number of carboxylic acids is 1. The van der Waals surface area contributed by atoms with E-state index in [1.54, 1.807) is 13.8 Å². The molecule has 1 aromatic carbocycles. The zero-order chi connectivity index (χ0) is 19.2. The van der Waals surface area contributed by atoms with E-state index in [9.17, 15) is 28.4 Å². The molecule has 2 fully saturated rings. The van der Waals surface area contributed by atoms with Crippen LogP contribution in [0.1, 0.15) is 43.2 Å². The van der Waals surface area contributed by atoms with Gasteiger partial charge in [0.05, 0.1) is 9.82 Å². The molecular weight excluding hydrogens is 360 g/mol. The highest BCUT2D eigenvalue weighted by Crippen LogP contribution is 2.43. The molecule has 3 atom stereocenters. The molecule has 0 radical (unpaired) electrons. The number of fused-ring (bicyclic) bond motifs is 1. The van der Waals surface area contributed by atoms with Crippen molar-refractivity contribution in [2.24, 2.45) is 5.92 Å². The Morgan fingerprint density at radius 3 is 2.50 bits per heavy atom. The van der Waals surface area contributed by atoms with E-state index in [-0.39, 0.29) is 22.5 Å². The summed E-state index contributed by atoms with van der Waals surface area (Å²) in [6, 6.07) is 1.06. The molecular formula is C17H22N2O6S. The first-order valence-corrected chi connectivity index (χ1v) is 10.1. The molecule has 8 nitrogen and oxygen atoms in total. The van der Waals surface area contributed by atoms with Crippen LogP contribution in [0.25, 0.3) is 0 Å². The Kier molecular flexibility index (Phi) is 4.78. The number of carbonyl (C=O) groups is 1. The van der Waals surface area contributed by atoms with Gasteiger partial charge in [0.25, 0.3) is 5.69 Å². The zero-order valence-corrected chi connectivity index (χ0v) is 15.5. The van der Waals surface area contributed by atoms with Crippen molar-refractivity contribution in [3.8, 4) is 0 Å². The number of aryl methyl sites for hydroxylation is 2. The van der Waals surface area contributed by atoms with Gasteiger partial charge >= 0.3 is 5.97 Å². The van der Waals surface area contributed by atoms with E-state index in [2.05, 4.69) is 0 Å². The van der Waals surface area contributed by atoms with Gasteiger partial charge in [0.1, 0.15) is 6.04 Å². The second-order valence-electron chi connectivity index (χ2n) is 7.20. The molecule has 1 aromatic rings. The minimum absolute atomic E-state index is 0.0281. The molecule has 1 aliphatic heterocycles. The lowest BCUT2D eigenvalue weighted by Gasteiger charge is -2.32. The number of nitro benzene ring substituents is 1. The average Bonchev–Trinajstić information content (AvgIpc) is 2.94. The number of nitro groups is 1. The smallest absolute Gasteiger partial charge is 0.322 e. The number of hydrogen-bond acceptors (Lipinski definition) is 5. The zero-order valence-electron chi connectivity index (χ0n) is 14.7. The Morgan fingerprint density at radius 2 is 1.88 bits per heavy atom. The summed E-state index contributed by atoms with van der Waals surface area (Å²) in [4.78, 5) is 22.2. The Hall–Kier alpha value is -2.00. The fraction of sp³-hybridized carbons (Fsp3) is 0.588. The van der Waals surface area contributed by atoms with Gasteiger partial charge in [-0.25, -0.2) is 8.42 Å². The molecule has 1 saturated carbocycles. The topological polar surface area (TPSA) is 118 Å². The van der Waals surface area contributed by atoms with Crippen LogP contribution in [-0.4, -0.2) is 40.8 Å². The van der Waals surface area contributed by atoms with Crippen LogP contribution >= 0.6 is 0 Å². The summed E-state index contributed by atoms with van der Waals surface area (Å²) in [5.41, 5.74) is 0.482. The van der Waals surface area contributed by atoms with Gasteiger partial charge < -0.3 is 5.11 Å². The second kappa shape index (κ2) is 6.62. The van der Waals surface area contributed by atoms with Gasteiger partial charge in [-0.3, -0.25) is 14.9 Å². The molecule has 26 heavy (non-hydrogen) atoms. The summed E-state index contributed by atoms with van der Waals surface area (Å²) in [6.45, 7) is 3.13. The van der Waals surface area contributed by atoms with Gasteiger partial charge in [0.2, 0.25) is 10.0 Å². The molecule has 3 unspecified atom stereocenters. The lowest BCUT2D eigenvalue weighted by molar-refractivity contribution is -0.385. The van der Waals surface area contributed by atoms with E-state index in [4.69, 9.17) is 0 Å². The van der Waals surface area contributed by atoms with Crippen molar-refractivity contribution in [2.45, 2.75) is 62.9 Å². The van der Waals surface area contributed by atoms with E-state index < -0.39 is 27.0 Å². The number of carboxylic acid groups (broad SMARTS) is 1. The fourth-order valence-corrected chi connectivity index (χ4v) is 6.48. The molecule has 1 N–H and O–H groups in total. The molecule has 1 saturated heterocycles. The number of hydrogen-bond donors (Lipinski definition) is 1. The van der Waals surface area contributed by atoms with Gasteiger partial charge in [0, 0.05) is 17.7 Å². The third kappa shape index (κ3) is 2.99. The SMILES string of the molecule is Cc1cc(C)c(S(=O)(=O)N2C(C(=O)O)CC3CCCCC32)cc1[N+](=O)[O-]. The van der Waals surface area contributed by atoms with Crippen molar-refractivity contribution >= 4 is 21.7 Å². The Labute approximate surface area is 152 Å². The number of rotatable bonds is 4. The highest BCUT2D eigenvalue weighted by atomic mass is 32.2. The maximum Gasteiger partial charge on any atom is 0.322 e. The molecule has 3 rings (SSSR count). The highest BCUT2D eigenvalue weighted by molar-refractivity contribution is 7.89. The van der Waals surface area contributed by atoms with E-state index >= 15 is 0 Å². The predicted molar refractivity (Wildman–Crippen MR) is 93.4 cm³/mol. The average molecular weight is 382 g/mol. The van der Waals surface area contributed by atoms with E-state index in [0.717, 1.165) is 29.6 Å². The minimum Gasteiger partial charge on any atom is -0.480 e. The number of benzene rings is 1. The molecule has 142 valence electrons. The fourth-order valence-electron chi connectivity index (χ4n) is 4.39. The Balaban J connectivity index is 2.13. The van der Waals surface area contributed by atoms with Crippen LogP contribution in [0.15, 0.2) is 17.0 Å². The highest BCUT2D eigenvalue weighted by Gasteiger charge is 2.51. The van der Waals surface area contributed by atoms with E-state index in [0.29, 0.717) is 24.0 Å². The molecule has 0 spiro atoms. The van der Waals surface area contributed by atoms with Gasteiger partial charge in [-0.1, -0.05) is 12.8 Å². The summed E-state index contributed by atoms with van der Waals surface area (Å²) < 4.78 is 27.8. The quantitative estimate of drug-likeness (QED) is 0.632. The molecule has 1 aliphatic carbocycles. The van der Waals surface area contributed by atoms with Gasteiger partial charge in [-0.05, 0) is 50.7 Å². The second-order valence-corrected chi connectivity index (χ2v) is 9.01. The first-order valence-electron chi connectivity index (χ1n) is 8.66. The maximum absolute atomic E-state index is 13.4. The minimum atomic E-state index is -4.16. The third-order valence-electron chi connectivity index (χ3n) is 5.56. The lowest BCUT2D eigenvalue weighted by Crippen LogP contribution is -2.46. The molecule has 0 bridgehead atoms. The largest absolute Gasteiger partial charge is 0.480 e. The lowest BCUT2D eigenvalue weighted by atomic mass is 9.85. The summed E-state index contributed by atoms with van der Waals surface area (Å²) >= 11 is 0. The molecule has 9 heteroatoms. The normalized spacial score (nSPS) is 26.5. The van der Waals surface area contributed by atoms with Crippen LogP contribution in [-0.2, 0) is 14.8 Å². The number of sulfonamides is 1. The Bertz CT molecular complexity index is 866. The first kappa shape index (κ1) is 18.8. The molecule has 0 amide bonds. The first-order chi connectivity index (χ1) is 12.1. The van der Waals surface area contributed by atoms with Crippen LogP contribution in [0, 0.1) is 29.9 Å². The van der Waals surface area contributed by atoms with Crippen molar-refractivity contribution in [1.29, 1.82) is 0 Å². The monoisotopic (exact) mass is 382 g/mol. The van der Waals surface area contributed by atoms with Crippen molar-refractivity contribution in [3.05, 3.63) is 33.4 Å². The predicted octanol–water partition coefficient (Wildman–Crippen LogP) is 2.62. The van der Waals surface area contributed by atoms with Crippen LogP contribution in [0.5, 0.6) is 0 Å². The number of nitrogens with zero attached hydrogens (tertiary/aromatic N) is 2. The molecule has 2 aliphatic rings. The standard InChI is InChI=1S/C17H22N2O6S/c1-10-7-11(2)16(9-14(10)19(22)23)26(24,25)18-13-6-4-3-5-12(13)8-15(18)17(20)21/h7,9,12-13,15H,3-6,8H2,1-2H3,(H,20,21). The van der Waals surface area contributed by atoms with Gasteiger partial charge in [-0.2, -0.15) is 4.31 Å². The van der Waals surface area contributed by atoms with Crippen LogP contribution in [0.2, 0.25) is 0 Å². The van der Waals surface area contributed by atoms with Crippen LogP contribution in [0.4, 0.5) is 5.69 Å².